The molecule has 0 fully saturated rings. The number of aryl methyl sites for hydroxylation is 2. The number of amides is 1. The minimum atomic E-state index is -4.18. The van der Waals surface area contributed by atoms with Crippen LogP contribution in [-0.2, 0) is 28.3 Å². The van der Waals surface area contributed by atoms with Crippen LogP contribution in [0.25, 0.3) is 11.0 Å². The van der Waals surface area contributed by atoms with Gasteiger partial charge in [-0.15, -0.1) is 0 Å². The van der Waals surface area contributed by atoms with E-state index in [1.807, 2.05) is 12.1 Å². The predicted octanol–water partition coefficient (Wildman–Crippen LogP) is 6.64. The quantitative estimate of drug-likeness (QED) is 0.323. The van der Waals surface area contributed by atoms with Crippen LogP contribution in [0.2, 0.25) is 0 Å². The molecule has 0 N–H and O–H groups in total. The number of fused-ring (bicyclic) bond motifs is 3. The fraction of sp³-hybridized carbons (Fsp3) is 0.276. The van der Waals surface area contributed by atoms with E-state index in [2.05, 4.69) is 20.8 Å². The zero-order valence-corrected chi connectivity index (χ0v) is 21.1. The van der Waals surface area contributed by atoms with Gasteiger partial charge in [0.05, 0.1) is 10.6 Å². The average molecular weight is 488 g/mol. The smallest absolute Gasteiger partial charge is 0.272 e. The van der Waals surface area contributed by atoms with Gasteiger partial charge in [0.1, 0.15) is 11.3 Å². The van der Waals surface area contributed by atoms with Crippen LogP contribution in [0.3, 0.4) is 0 Å². The first-order valence-corrected chi connectivity index (χ1v) is 13.4. The Balaban J connectivity index is 1.66. The fourth-order valence-electron chi connectivity index (χ4n) is 4.67. The van der Waals surface area contributed by atoms with Gasteiger partial charge in [0, 0.05) is 22.9 Å². The average Bonchev–Trinajstić information content (AvgIpc) is 3.22. The van der Waals surface area contributed by atoms with Gasteiger partial charge in [0.25, 0.3) is 15.9 Å². The topological polar surface area (TPSA) is 67.6 Å². The van der Waals surface area contributed by atoms with Gasteiger partial charge in [-0.05, 0) is 72.7 Å². The Kier molecular flexibility index (Phi) is 5.80. The maximum atomic E-state index is 14.0. The van der Waals surface area contributed by atoms with E-state index in [4.69, 9.17) is 4.42 Å². The molecule has 1 amide bonds. The molecule has 5 nitrogen and oxygen atoms in total. The first kappa shape index (κ1) is 23.4. The summed E-state index contributed by atoms with van der Waals surface area (Å²) in [5.41, 5.74) is 3.35. The highest BCUT2D eigenvalue weighted by Crippen LogP contribution is 2.36. The van der Waals surface area contributed by atoms with Gasteiger partial charge in [-0.25, -0.2) is 8.42 Å². The van der Waals surface area contributed by atoms with Gasteiger partial charge in [-0.1, -0.05) is 51.1 Å². The van der Waals surface area contributed by atoms with E-state index in [1.54, 1.807) is 60.7 Å². The van der Waals surface area contributed by atoms with Crippen molar-refractivity contribution in [2.75, 3.05) is 4.31 Å². The van der Waals surface area contributed by atoms with Gasteiger partial charge in [-0.2, -0.15) is 4.31 Å². The lowest BCUT2D eigenvalue weighted by atomic mass is 9.87. The van der Waals surface area contributed by atoms with Crippen LogP contribution in [0, 0.1) is 0 Å². The number of anilines is 1. The van der Waals surface area contributed by atoms with Crippen LogP contribution in [0.4, 0.5) is 5.69 Å². The molecule has 1 aliphatic carbocycles. The largest absolute Gasteiger partial charge is 0.461 e. The Morgan fingerprint density at radius 2 is 1.57 bits per heavy atom. The third-order valence-corrected chi connectivity index (χ3v) is 8.36. The number of carbonyl (C=O) groups is 1. The third-order valence-electron chi connectivity index (χ3n) is 6.64. The molecule has 1 aliphatic rings. The van der Waals surface area contributed by atoms with Crippen LogP contribution >= 0.6 is 0 Å². The number of nitrogens with zero attached hydrogens (tertiary/aromatic N) is 1. The van der Waals surface area contributed by atoms with Crippen molar-refractivity contribution in [3.8, 4) is 0 Å². The van der Waals surface area contributed by atoms with Gasteiger partial charge in [0.15, 0.2) is 0 Å². The van der Waals surface area contributed by atoms with Crippen LogP contribution in [0.1, 0.15) is 60.9 Å². The Hall–Kier alpha value is -3.38. The summed E-state index contributed by atoms with van der Waals surface area (Å²) >= 11 is 0. The molecule has 35 heavy (non-hydrogen) atoms. The molecule has 3 aromatic carbocycles. The van der Waals surface area contributed by atoms with Crippen molar-refractivity contribution < 1.29 is 17.6 Å². The molecule has 0 saturated heterocycles. The monoisotopic (exact) mass is 487 g/mol. The van der Waals surface area contributed by atoms with Crippen molar-refractivity contribution in [3.05, 3.63) is 95.2 Å². The lowest BCUT2D eigenvalue weighted by molar-refractivity contribution is 0.101. The second-order valence-electron chi connectivity index (χ2n) is 10.1. The van der Waals surface area contributed by atoms with Gasteiger partial charge >= 0.3 is 0 Å². The Bertz CT molecular complexity index is 1490. The van der Waals surface area contributed by atoms with Crippen LogP contribution in [-0.4, -0.2) is 14.3 Å². The maximum Gasteiger partial charge on any atom is 0.272 e. The van der Waals surface area contributed by atoms with Gasteiger partial charge in [0.2, 0.25) is 0 Å². The second kappa shape index (κ2) is 8.68. The minimum Gasteiger partial charge on any atom is -0.461 e. The minimum absolute atomic E-state index is 0.0732. The number of sulfonamides is 1. The van der Waals surface area contributed by atoms with E-state index >= 15 is 0 Å². The van der Waals surface area contributed by atoms with Crippen molar-refractivity contribution >= 4 is 32.6 Å². The third kappa shape index (κ3) is 4.27. The Morgan fingerprint density at radius 1 is 0.886 bits per heavy atom. The van der Waals surface area contributed by atoms with Crippen molar-refractivity contribution in [2.45, 2.75) is 56.8 Å². The molecule has 0 unspecified atom stereocenters. The second-order valence-corrected chi connectivity index (χ2v) is 11.9. The van der Waals surface area contributed by atoms with Gasteiger partial charge in [-0.3, -0.25) is 4.79 Å². The van der Waals surface area contributed by atoms with E-state index in [0.717, 1.165) is 57.8 Å². The summed E-state index contributed by atoms with van der Waals surface area (Å²) in [6.07, 6.45) is 3.91. The normalized spacial score (nSPS) is 14.0. The summed E-state index contributed by atoms with van der Waals surface area (Å²) in [4.78, 5) is 13.8. The van der Waals surface area contributed by atoms with E-state index in [0.29, 0.717) is 11.3 Å². The molecular weight excluding hydrogens is 458 g/mol. The van der Waals surface area contributed by atoms with Crippen molar-refractivity contribution in [1.29, 1.82) is 0 Å². The van der Waals surface area contributed by atoms with E-state index in [9.17, 15) is 13.2 Å². The Morgan fingerprint density at radius 3 is 2.26 bits per heavy atom. The van der Waals surface area contributed by atoms with E-state index in [-0.39, 0.29) is 10.3 Å². The van der Waals surface area contributed by atoms with Crippen molar-refractivity contribution in [3.63, 3.8) is 0 Å². The molecule has 0 radical (unpaired) electrons. The summed E-state index contributed by atoms with van der Waals surface area (Å²) in [5.74, 6) is 0.368. The molecule has 0 aliphatic heterocycles. The molecule has 4 aromatic rings. The summed E-state index contributed by atoms with van der Waals surface area (Å²) in [6, 6.07) is 20.5. The first-order chi connectivity index (χ1) is 16.7. The van der Waals surface area contributed by atoms with Crippen LogP contribution in [0.15, 0.2) is 82.1 Å². The lowest BCUT2D eigenvalue weighted by Crippen LogP contribution is -2.37. The highest BCUT2D eigenvalue weighted by molar-refractivity contribution is 7.93. The number of hydrogen-bond acceptors (Lipinski definition) is 4. The van der Waals surface area contributed by atoms with Crippen molar-refractivity contribution in [2.24, 2.45) is 0 Å². The zero-order valence-electron chi connectivity index (χ0n) is 20.2. The summed E-state index contributed by atoms with van der Waals surface area (Å²) in [7, 11) is -4.18. The summed E-state index contributed by atoms with van der Waals surface area (Å²) < 4.78 is 34.9. The lowest BCUT2D eigenvalue weighted by Gasteiger charge is -2.24. The first-order valence-electron chi connectivity index (χ1n) is 12.0. The predicted molar refractivity (Wildman–Crippen MR) is 138 cm³/mol. The standard InChI is InChI=1S/C29H29NO4S/c1-29(2,3)21-13-16-23(17-14-21)35(32,33)30(28(31)20-9-5-4-6-10-20)22-15-18-27-25(19-22)24-11-7-8-12-26(24)34-27/h4-6,9-10,13-19H,7-8,11-12H2,1-3H3. The Labute approximate surface area is 206 Å². The number of benzene rings is 3. The summed E-state index contributed by atoms with van der Waals surface area (Å²) in [6.45, 7) is 6.22. The van der Waals surface area contributed by atoms with Crippen molar-refractivity contribution in [1.82, 2.24) is 0 Å². The highest BCUT2D eigenvalue weighted by Gasteiger charge is 2.33. The van der Waals surface area contributed by atoms with Crippen LogP contribution in [0.5, 0.6) is 0 Å². The molecule has 1 heterocycles. The number of hydrogen-bond donors (Lipinski definition) is 0. The molecule has 180 valence electrons. The zero-order chi connectivity index (χ0) is 24.8. The SMILES string of the molecule is CC(C)(C)c1ccc(S(=O)(=O)N(C(=O)c2ccccc2)c2ccc3oc4c(c3c2)CCCC4)cc1. The van der Waals surface area contributed by atoms with E-state index < -0.39 is 15.9 Å². The van der Waals surface area contributed by atoms with Gasteiger partial charge < -0.3 is 4.42 Å². The molecule has 1 aromatic heterocycles. The summed E-state index contributed by atoms with van der Waals surface area (Å²) in [5, 5.41) is 0.876. The maximum absolute atomic E-state index is 14.0. The molecule has 0 spiro atoms. The number of furan rings is 1. The molecular formula is C29H29NO4S. The molecule has 6 heteroatoms. The molecule has 5 rings (SSSR count). The highest BCUT2D eigenvalue weighted by atomic mass is 32.2. The molecule has 0 bridgehead atoms. The fourth-order valence-corrected chi connectivity index (χ4v) is 6.08. The molecule has 0 saturated carbocycles. The number of rotatable bonds is 4. The van der Waals surface area contributed by atoms with E-state index in [1.165, 1.54) is 0 Å². The molecule has 0 atom stereocenters. The number of carbonyl (C=O) groups excluding carboxylic acids is 1. The van der Waals surface area contributed by atoms with Crippen LogP contribution < -0.4 is 4.31 Å².